The molecule has 0 saturated heterocycles. The summed E-state index contributed by atoms with van der Waals surface area (Å²) in [5.41, 5.74) is -0.518. The van der Waals surface area contributed by atoms with Crippen molar-refractivity contribution < 1.29 is 31.9 Å². The number of anilines is 2. The van der Waals surface area contributed by atoms with Crippen molar-refractivity contribution in [2.45, 2.75) is 12.5 Å². The van der Waals surface area contributed by atoms with Crippen molar-refractivity contribution >= 4 is 29.1 Å². The number of hydrogen-bond donors (Lipinski definition) is 3. The molecule has 27 heavy (non-hydrogen) atoms. The van der Waals surface area contributed by atoms with Crippen molar-refractivity contribution in [3.63, 3.8) is 0 Å². The number of para-hydroxylation sites is 1. The van der Waals surface area contributed by atoms with Crippen molar-refractivity contribution in [2.75, 3.05) is 10.6 Å². The standard InChI is InChI=1S/C17H11F4N3O3/c18-8-5-9(19)15(14(21)13(8)20)24-17(27)23-11-6-12(25)16(26)22-10-4-2-1-3-7(10)11/h1-5,11H,6H2,(H,22,26)(H2,23,24,27). The van der Waals surface area contributed by atoms with Gasteiger partial charge in [0.1, 0.15) is 5.69 Å². The Morgan fingerprint density at radius 2 is 1.74 bits per heavy atom. The van der Waals surface area contributed by atoms with Crippen LogP contribution in [0.25, 0.3) is 0 Å². The molecule has 1 aliphatic heterocycles. The second-order valence-electron chi connectivity index (χ2n) is 5.66. The lowest BCUT2D eigenvalue weighted by molar-refractivity contribution is -0.134. The molecule has 1 unspecified atom stereocenters. The molecular formula is C17H11F4N3O3. The van der Waals surface area contributed by atoms with E-state index in [0.29, 0.717) is 5.56 Å². The van der Waals surface area contributed by atoms with E-state index in [-0.39, 0.29) is 11.8 Å². The van der Waals surface area contributed by atoms with Crippen LogP contribution in [0.1, 0.15) is 18.0 Å². The van der Waals surface area contributed by atoms with E-state index in [2.05, 4.69) is 10.6 Å². The number of rotatable bonds is 2. The van der Waals surface area contributed by atoms with Gasteiger partial charge in [0.15, 0.2) is 23.3 Å². The second-order valence-corrected chi connectivity index (χ2v) is 5.66. The minimum Gasteiger partial charge on any atom is -0.331 e. The number of fused-ring (bicyclic) bond motifs is 1. The fourth-order valence-corrected chi connectivity index (χ4v) is 2.61. The van der Waals surface area contributed by atoms with Crippen LogP contribution in [-0.4, -0.2) is 17.7 Å². The van der Waals surface area contributed by atoms with Crippen LogP contribution in [0.2, 0.25) is 0 Å². The Morgan fingerprint density at radius 3 is 2.48 bits per heavy atom. The van der Waals surface area contributed by atoms with Gasteiger partial charge in [0.2, 0.25) is 5.78 Å². The SMILES string of the molecule is O=C(Nc1c(F)cc(F)c(F)c1F)NC1CC(=O)C(=O)Nc2ccccc21. The molecule has 1 heterocycles. The molecule has 2 aromatic rings. The third kappa shape index (κ3) is 3.59. The molecule has 0 bridgehead atoms. The summed E-state index contributed by atoms with van der Waals surface area (Å²) in [5, 5.41) is 6.42. The Balaban J connectivity index is 1.85. The molecule has 140 valence electrons. The highest BCUT2D eigenvalue weighted by atomic mass is 19.2. The van der Waals surface area contributed by atoms with E-state index < -0.39 is 59.1 Å². The van der Waals surface area contributed by atoms with Crippen molar-refractivity contribution in [2.24, 2.45) is 0 Å². The monoisotopic (exact) mass is 381 g/mol. The van der Waals surface area contributed by atoms with Gasteiger partial charge in [-0.05, 0) is 11.6 Å². The first-order valence-electron chi connectivity index (χ1n) is 7.61. The smallest absolute Gasteiger partial charge is 0.319 e. The first-order valence-corrected chi connectivity index (χ1v) is 7.61. The lowest BCUT2D eigenvalue weighted by atomic mass is 10.0. The van der Waals surface area contributed by atoms with Gasteiger partial charge in [-0.25, -0.2) is 22.4 Å². The average molecular weight is 381 g/mol. The summed E-state index contributed by atoms with van der Waals surface area (Å²) in [6, 6.07) is 4.15. The largest absolute Gasteiger partial charge is 0.331 e. The second kappa shape index (κ2) is 7.06. The first kappa shape index (κ1) is 18.4. The van der Waals surface area contributed by atoms with Gasteiger partial charge in [-0.1, -0.05) is 18.2 Å². The molecule has 3 rings (SSSR count). The molecule has 0 aliphatic carbocycles. The van der Waals surface area contributed by atoms with Gasteiger partial charge in [0.05, 0.1) is 6.04 Å². The Morgan fingerprint density at radius 1 is 1.04 bits per heavy atom. The van der Waals surface area contributed by atoms with Crippen molar-refractivity contribution in [3.05, 3.63) is 59.2 Å². The van der Waals surface area contributed by atoms with Crippen molar-refractivity contribution in [1.82, 2.24) is 5.32 Å². The van der Waals surface area contributed by atoms with E-state index in [9.17, 15) is 31.9 Å². The molecule has 0 fully saturated rings. The molecule has 10 heteroatoms. The highest BCUT2D eigenvalue weighted by Crippen LogP contribution is 2.29. The third-order valence-corrected chi connectivity index (χ3v) is 3.89. The summed E-state index contributed by atoms with van der Waals surface area (Å²) < 4.78 is 53.5. The van der Waals surface area contributed by atoms with Gasteiger partial charge in [-0.3, -0.25) is 9.59 Å². The maximum Gasteiger partial charge on any atom is 0.319 e. The lowest BCUT2D eigenvalue weighted by Gasteiger charge is -2.19. The molecular weight excluding hydrogens is 370 g/mol. The van der Waals surface area contributed by atoms with Crippen LogP contribution in [0.15, 0.2) is 30.3 Å². The Hall–Kier alpha value is -3.43. The zero-order chi connectivity index (χ0) is 19.7. The van der Waals surface area contributed by atoms with Gasteiger partial charge in [-0.15, -0.1) is 0 Å². The number of halogens is 4. The minimum absolute atomic E-state index is 0.0844. The maximum absolute atomic E-state index is 13.7. The number of carbonyl (C=O) groups excluding carboxylic acids is 3. The number of benzene rings is 2. The van der Waals surface area contributed by atoms with Crippen LogP contribution in [0.4, 0.5) is 33.7 Å². The van der Waals surface area contributed by atoms with E-state index >= 15 is 0 Å². The first-order chi connectivity index (χ1) is 12.8. The van der Waals surface area contributed by atoms with Gasteiger partial charge >= 0.3 is 6.03 Å². The Bertz CT molecular complexity index is 965. The van der Waals surface area contributed by atoms with Crippen molar-refractivity contribution in [3.8, 4) is 0 Å². The van der Waals surface area contributed by atoms with E-state index in [1.54, 1.807) is 17.4 Å². The van der Waals surface area contributed by atoms with E-state index in [1.807, 2.05) is 0 Å². The van der Waals surface area contributed by atoms with Crippen LogP contribution < -0.4 is 16.0 Å². The van der Waals surface area contributed by atoms with E-state index in [0.717, 1.165) is 0 Å². The van der Waals surface area contributed by atoms with Crippen LogP contribution in [0.5, 0.6) is 0 Å². The highest BCUT2D eigenvalue weighted by molar-refractivity contribution is 6.41. The van der Waals surface area contributed by atoms with E-state index in [1.165, 1.54) is 12.1 Å². The summed E-state index contributed by atoms with van der Waals surface area (Å²) in [5.74, 6) is -8.81. The number of carbonyl (C=O) groups is 3. The fraction of sp³-hybridized carbons (Fsp3) is 0.118. The zero-order valence-corrected chi connectivity index (χ0v) is 13.4. The third-order valence-electron chi connectivity index (χ3n) is 3.89. The molecule has 3 amide bonds. The van der Waals surface area contributed by atoms with Gasteiger partial charge in [0.25, 0.3) is 5.91 Å². The van der Waals surface area contributed by atoms with Gasteiger partial charge < -0.3 is 16.0 Å². The number of amides is 3. The predicted octanol–water partition coefficient (Wildman–Crippen LogP) is 3.02. The molecule has 0 saturated carbocycles. The molecule has 3 N–H and O–H groups in total. The summed E-state index contributed by atoms with van der Waals surface area (Å²) in [6.45, 7) is 0. The maximum atomic E-state index is 13.7. The lowest BCUT2D eigenvalue weighted by Crippen LogP contribution is -2.34. The zero-order valence-electron chi connectivity index (χ0n) is 13.4. The molecule has 1 atom stereocenters. The topological polar surface area (TPSA) is 87.3 Å². The minimum atomic E-state index is -1.95. The summed E-state index contributed by atoms with van der Waals surface area (Å²) in [6.07, 6.45) is -0.404. The predicted molar refractivity (Wildman–Crippen MR) is 85.9 cm³/mol. The number of urea groups is 1. The normalized spacial score (nSPS) is 16.2. The van der Waals surface area contributed by atoms with Gasteiger partial charge in [-0.2, -0.15) is 0 Å². The van der Waals surface area contributed by atoms with Crippen LogP contribution in [-0.2, 0) is 9.59 Å². The number of Topliss-reactive ketones (excluding diaryl/α,β-unsaturated/α-hetero) is 1. The molecule has 1 aliphatic rings. The molecule has 0 aromatic heterocycles. The summed E-state index contributed by atoms with van der Waals surface area (Å²) in [7, 11) is 0. The van der Waals surface area contributed by atoms with Gasteiger partial charge in [0, 0.05) is 18.2 Å². The summed E-state index contributed by atoms with van der Waals surface area (Å²) >= 11 is 0. The van der Waals surface area contributed by atoms with Crippen LogP contribution in [0.3, 0.4) is 0 Å². The van der Waals surface area contributed by atoms with Crippen LogP contribution >= 0.6 is 0 Å². The molecule has 0 spiro atoms. The van der Waals surface area contributed by atoms with Crippen molar-refractivity contribution in [1.29, 1.82) is 0 Å². The Labute approximate surface area is 149 Å². The number of hydrogen-bond acceptors (Lipinski definition) is 3. The number of ketones is 1. The summed E-state index contributed by atoms with van der Waals surface area (Å²) in [4.78, 5) is 35.6. The average Bonchev–Trinajstić information content (AvgIpc) is 2.74. The fourth-order valence-electron chi connectivity index (χ4n) is 2.61. The highest BCUT2D eigenvalue weighted by Gasteiger charge is 2.29. The quantitative estimate of drug-likeness (QED) is 0.323. The molecule has 0 radical (unpaired) electrons. The molecule has 2 aromatic carbocycles. The van der Waals surface area contributed by atoms with E-state index in [4.69, 9.17) is 0 Å². The van der Waals surface area contributed by atoms with Crippen LogP contribution in [0, 0.1) is 23.3 Å². The number of nitrogens with one attached hydrogen (secondary N) is 3. The Kier molecular flexibility index (Phi) is 4.80. The molecule has 6 nitrogen and oxygen atoms in total.